The SMILES string of the molecule is C[C@@H](Sc1nnc(Cc2cccc3ccccc23)o1)C(=O)NC(c1ccccc1)c1ccccc1. The van der Waals surface area contributed by atoms with E-state index in [4.69, 9.17) is 4.42 Å². The zero-order valence-corrected chi connectivity index (χ0v) is 20.1. The summed E-state index contributed by atoms with van der Waals surface area (Å²) >= 11 is 1.27. The van der Waals surface area contributed by atoms with Crippen molar-refractivity contribution >= 4 is 28.4 Å². The highest BCUT2D eigenvalue weighted by atomic mass is 32.2. The lowest BCUT2D eigenvalue weighted by atomic mass is 9.98. The average molecular weight is 480 g/mol. The standard InChI is InChI=1S/C29H25N3O2S/c1-20(28(33)30-27(22-12-4-2-5-13-22)23-14-6-3-7-15-23)35-29-32-31-26(34-29)19-24-17-10-16-21-11-8-9-18-25(21)24/h2-18,20,27H,19H2,1H3,(H,30,33)/t20-/m1/s1. The Morgan fingerprint density at radius 2 is 1.46 bits per heavy atom. The van der Waals surface area contributed by atoms with Gasteiger partial charge in [-0.05, 0) is 34.4 Å². The molecule has 0 saturated carbocycles. The molecule has 0 aliphatic rings. The second kappa shape index (κ2) is 10.6. The fourth-order valence-electron chi connectivity index (χ4n) is 4.08. The molecule has 174 valence electrons. The smallest absolute Gasteiger partial charge is 0.277 e. The van der Waals surface area contributed by atoms with E-state index in [1.165, 1.54) is 22.5 Å². The number of amides is 1. The molecule has 5 rings (SSSR count). The third-order valence-corrected chi connectivity index (χ3v) is 6.80. The number of nitrogens with one attached hydrogen (secondary N) is 1. The third kappa shape index (κ3) is 5.44. The van der Waals surface area contributed by atoms with Gasteiger partial charge < -0.3 is 9.73 Å². The number of benzene rings is 4. The van der Waals surface area contributed by atoms with Gasteiger partial charge in [-0.3, -0.25) is 4.79 Å². The lowest BCUT2D eigenvalue weighted by Gasteiger charge is -2.21. The predicted molar refractivity (Wildman–Crippen MR) is 139 cm³/mol. The van der Waals surface area contributed by atoms with Crippen LogP contribution in [0.1, 0.15) is 35.5 Å². The lowest BCUT2D eigenvalue weighted by Crippen LogP contribution is -2.34. The molecule has 0 aliphatic heterocycles. The molecule has 0 fully saturated rings. The Bertz CT molecular complexity index is 1380. The molecule has 5 aromatic rings. The molecule has 1 heterocycles. The van der Waals surface area contributed by atoms with Crippen LogP contribution in [0.4, 0.5) is 0 Å². The Kier molecular flexibility index (Phi) is 6.91. The number of carbonyl (C=O) groups excluding carboxylic acids is 1. The van der Waals surface area contributed by atoms with Gasteiger partial charge in [0.25, 0.3) is 5.22 Å². The molecule has 0 bridgehead atoms. The Morgan fingerprint density at radius 1 is 0.829 bits per heavy atom. The fraction of sp³-hybridized carbons (Fsp3) is 0.138. The van der Waals surface area contributed by atoms with Crippen LogP contribution >= 0.6 is 11.8 Å². The summed E-state index contributed by atoms with van der Waals surface area (Å²) in [6, 6.07) is 34.1. The first kappa shape index (κ1) is 22.9. The van der Waals surface area contributed by atoms with Gasteiger partial charge >= 0.3 is 0 Å². The predicted octanol–water partition coefficient (Wildman–Crippen LogP) is 6.20. The minimum Gasteiger partial charge on any atom is -0.416 e. The summed E-state index contributed by atoms with van der Waals surface area (Å²) < 4.78 is 5.89. The number of carbonyl (C=O) groups is 1. The molecule has 0 radical (unpaired) electrons. The number of nitrogens with zero attached hydrogens (tertiary/aromatic N) is 2. The highest BCUT2D eigenvalue weighted by Crippen LogP contribution is 2.27. The van der Waals surface area contributed by atoms with Crippen LogP contribution in [-0.4, -0.2) is 21.4 Å². The minimum atomic E-state index is -0.407. The van der Waals surface area contributed by atoms with E-state index in [9.17, 15) is 4.79 Å². The quantitative estimate of drug-likeness (QED) is 0.268. The zero-order chi connectivity index (χ0) is 24.0. The van der Waals surface area contributed by atoms with Crippen molar-refractivity contribution in [3.8, 4) is 0 Å². The van der Waals surface area contributed by atoms with Crippen molar-refractivity contribution in [3.63, 3.8) is 0 Å². The normalized spacial score (nSPS) is 12.1. The van der Waals surface area contributed by atoms with Gasteiger partial charge in [0, 0.05) is 0 Å². The summed E-state index contributed by atoms with van der Waals surface area (Å²) in [4.78, 5) is 13.1. The second-order valence-electron chi connectivity index (χ2n) is 8.30. The molecule has 0 aliphatic carbocycles. The van der Waals surface area contributed by atoms with Crippen LogP contribution in [0.5, 0.6) is 0 Å². The Morgan fingerprint density at radius 3 is 2.17 bits per heavy atom. The summed E-state index contributed by atoms with van der Waals surface area (Å²) in [5.41, 5.74) is 3.18. The Hall–Kier alpha value is -3.90. The summed E-state index contributed by atoms with van der Waals surface area (Å²) in [5.74, 6) is 0.435. The summed E-state index contributed by atoms with van der Waals surface area (Å²) in [5, 5.41) is 13.9. The molecule has 6 heteroatoms. The molecule has 1 atom stereocenters. The number of fused-ring (bicyclic) bond motifs is 1. The van der Waals surface area contributed by atoms with Gasteiger partial charge in [0.1, 0.15) is 0 Å². The van der Waals surface area contributed by atoms with Gasteiger partial charge in [-0.2, -0.15) is 0 Å². The van der Waals surface area contributed by atoms with E-state index in [1.807, 2.05) is 85.8 Å². The zero-order valence-electron chi connectivity index (χ0n) is 19.3. The van der Waals surface area contributed by atoms with E-state index in [2.05, 4.69) is 39.8 Å². The molecule has 1 aromatic heterocycles. The summed E-state index contributed by atoms with van der Waals surface area (Å²) in [6.07, 6.45) is 0.541. The molecule has 0 unspecified atom stereocenters. The number of hydrogen-bond acceptors (Lipinski definition) is 5. The van der Waals surface area contributed by atoms with E-state index in [1.54, 1.807) is 0 Å². The highest BCUT2D eigenvalue weighted by Gasteiger charge is 2.23. The molecular formula is C29H25N3O2S. The van der Waals surface area contributed by atoms with Crippen LogP contribution in [0.25, 0.3) is 10.8 Å². The van der Waals surface area contributed by atoms with Crippen LogP contribution < -0.4 is 5.32 Å². The first-order chi connectivity index (χ1) is 17.2. The number of aromatic nitrogens is 2. The van der Waals surface area contributed by atoms with Gasteiger partial charge in [0.15, 0.2) is 0 Å². The summed E-state index contributed by atoms with van der Waals surface area (Å²) in [7, 11) is 0. The van der Waals surface area contributed by atoms with Crippen LogP contribution in [0.2, 0.25) is 0 Å². The van der Waals surface area contributed by atoms with Crippen LogP contribution in [-0.2, 0) is 11.2 Å². The van der Waals surface area contributed by atoms with Crippen LogP contribution in [0.3, 0.4) is 0 Å². The molecule has 0 saturated heterocycles. The molecule has 1 N–H and O–H groups in total. The van der Waals surface area contributed by atoms with Crippen molar-refractivity contribution in [2.24, 2.45) is 0 Å². The minimum absolute atomic E-state index is 0.0958. The van der Waals surface area contributed by atoms with Crippen molar-refractivity contribution in [3.05, 3.63) is 126 Å². The van der Waals surface area contributed by atoms with Gasteiger partial charge in [-0.25, -0.2) is 0 Å². The largest absolute Gasteiger partial charge is 0.416 e. The maximum Gasteiger partial charge on any atom is 0.277 e. The van der Waals surface area contributed by atoms with Crippen molar-refractivity contribution in [1.82, 2.24) is 15.5 Å². The van der Waals surface area contributed by atoms with Gasteiger partial charge in [-0.1, -0.05) is 115 Å². The molecule has 35 heavy (non-hydrogen) atoms. The van der Waals surface area contributed by atoms with Crippen molar-refractivity contribution in [2.75, 3.05) is 0 Å². The molecule has 5 nitrogen and oxygen atoms in total. The van der Waals surface area contributed by atoms with Crippen molar-refractivity contribution in [2.45, 2.75) is 29.9 Å². The van der Waals surface area contributed by atoms with E-state index < -0.39 is 5.25 Å². The van der Waals surface area contributed by atoms with Gasteiger partial charge in [-0.15, -0.1) is 10.2 Å². The highest BCUT2D eigenvalue weighted by molar-refractivity contribution is 8.00. The molecule has 1 amide bonds. The fourth-order valence-corrected chi connectivity index (χ4v) is 4.79. The maximum atomic E-state index is 13.1. The third-order valence-electron chi connectivity index (χ3n) is 5.87. The Labute approximate surface area is 208 Å². The lowest BCUT2D eigenvalue weighted by molar-refractivity contribution is -0.120. The maximum absolute atomic E-state index is 13.1. The topological polar surface area (TPSA) is 68.0 Å². The van der Waals surface area contributed by atoms with Gasteiger partial charge in [0.05, 0.1) is 17.7 Å². The van der Waals surface area contributed by atoms with E-state index in [0.717, 1.165) is 16.7 Å². The number of rotatable bonds is 8. The molecular weight excluding hydrogens is 454 g/mol. The van der Waals surface area contributed by atoms with Crippen molar-refractivity contribution < 1.29 is 9.21 Å². The molecule has 4 aromatic carbocycles. The Balaban J connectivity index is 1.27. The average Bonchev–Trinajstić information content (AvgIpc) is 3.35. The number of hydrogen-bond donors (Lipinski definition) is 1. The van der Waals surface area contributed by atoms with E-state index in [0.29, 0.717) is 17.5 Å². The van der Waals surface area contributed by atoms with E-state index >= 15 is 0 Å². The van der Waals surface area contributed by atoms with Crippen LogP contribution in [0.15, 0.2) is 113 Å². The van der Waals surface area contributed by atoms with E-state index in [-0.39, 0.29) is 11.9 Å². The second-order valence-corrected chi connectivity index (χ2v) is 9.59. The number of thioether (sulfide) groups is 1. The van der Waals surface area contributed by atoms with Gasteiger partial charge in [0.2, 0.25) is 11.8 Å². The first-order valence-electron chi connectivity index (χ1n) is 11.5. The first-order valence-corrected chi connectivity index (χ1v) is 12.4. The monoisotopic (exact) mass is 479 g/mol. The molecule has 0 spiro atoms. The van der Waals surface area contributed by atoms with Crippen molar-refractivity contribution in [1.29, 1.82) is 0 Å². The van der Waals surface area contributed by atoms with Crippen LogP contribution in [0, 0.1) is 0 Å². The summed E-state index contributed by atoms with van der Waals surface area (Å²) in [6.45, 7) is 1.85.